The highest BCUT2D eigenvalue weighted by Gasteiger charge is 2.10. The summed E-state index contributed by atoms with van der Waals surface area (Å²) in [7, 11) is 1.28. The van der Waals surface area contributed by atoms with E-state index in [1.807, 2.05) is 0 Å². The minimum absolute atomic E-state index is 0.161. The van der Waals surface area contributed by atoms with Gasteiger partial charge in [0, 0.05) is 11.3 Å². The van der Waals surface area contributed by atoms with E-state index in [1.54, 1.807) is 18.2 Å². The topological polar surface area (TPSA) is 102 Å². The van der Waals surface area contributed by atoms with E-state index >= 15 is 0 Å². The SMILES string of the molecule is COC(=O)c1cccc(NC(=O)c2ccc(N)c(O)c2)c1. The summed E-state index contributed by atoms with van der Waals surface area (Å²) in [4.78, 5) is 23.5. The first-order valence-electron chi connectivity index (χ1n) is 6.09. The van der Waals surface area contributed by atoms with E-state index in [0.29, 0.717) is 11.3 Å². The third-order valence-electron chi connectivity index (χ3n) is 2.83. The van der Waals surface area contributed by atoms with Crippen molar-refractivity contribution < 1.29 is 19.4 Å². The van der Waals surface area contributed by atoms with E-state index in [4.69, 9.17) is 5.73 Å². The van der Waals surface area contributed by atoms with Crippen molar-refractivity contribution in [3.63, 3.8) is 0 Å². The number of aromatic hydroxyl groups is 1. The van der Waals surface area contributed by atoms with E-state index in [1.165, 1.54) is 31.4 Å². The first-order valence-corrected chi connectivity index (χ1v) is 6.09. The molecule has 0 atom stereocenters. The zero-order valence-electron chi connectivity index (χ0n) is 11.3. The van der Waals surface area contributed by atoms with Gasteiger partial charge in [0.2, 0.25) is 0 Å². The van der Waals surface area contributed by atoms with Gasteiger partial charge >= 0.3 is 5.97 Å². The van der Waals surface area contributed by atoms with Gasteiger partial charge in [0.1, 0.15) is 5.75 Å². The van der Waals surface area contributed by atoms with Crippen LogP contribution in [0.2, 0.25) is 0 Å². The Hall–Kier alpha value is -3.02. The van der Waals surface area contributed by atoms with Crippen LogP contribution in [0.1, 0.15) is 20.7 Å². The number of phenolic OH excluding ortho intramolecular Hbond substituents is 1. The smallest absolute Gasteiger partial charge is 0.337 e. The maximum Gasteiger partial charge on any atom is 0.337 e. The second-order valence-corrected chi connectivity index (χ2v) is 4.30. The van der Waals surface area contributed by atoms with Crippen LogP contribution in [0.4, 0.5) is 11.4 Å². The molecule has 0 radical (unpaired) electrons. The van der Waals surface area contributed by atoms with E-state index in [0.717, 1.165) is 0 Å². The number of methoxy groups -OCH3 is 1. The molecule has 0 spiro atoms. The van der Waals surface area contributed by atoms with Gasteiger partial charge in [0.15, 0.2) is 0 Å². The van der Waals surface area contributed by atoms with Crippen LogP contribution in [0.25, 0.3) is 0 Å². The highest BCUT2D eigenvalue weighted by molar-refractivity contribution is 6.05. The lowest BCUT2D eigenvalue weighted by atomic mass is 10.1. The Morgan fingerprint density at radius 2 is 1.90 bits per heavy atom. The Kier molecular flexibility index (Phi) is 4.08. The quantitative estimate of drug-likeness (QED) is 0.455. The molecule has 2 rings (SSSR count). The molecule has 2 aromatic carbocycles. The van der Waals surface area contributed by atoms with Crippen molar-refractivity contribution in [1.29, 1.82) is 0 Å². The molecule has 0 aliphatic carbocycles. The summed E-state index contributed by atoms with van der Waals surface area (Å²) < 4.78 is 4.61. The summed E-state index contributed by atoms with van der Waals surface area (Å²) in [6.07, 6.45) is 0. The zero-order chi connectivity index (χ0) is 15.4. The maximum atomic E-state index is 12.0. The van der Waals surface area contributed by atoms with Crippen LogP contribution in [0.15, 0.2) is 42.5 Å². The number of hydrogen-bond acceptors (Lipinski definition) is 5. The number of ether oxygens (including phenoxy) is 1. The fourth-order valence-corrected chi connectivity index (χ4v) is 1.73. The van der Waals surface area contributed by atoms with Crippen molar-refractivity contribution in [2.75, 3.05) is 18.2 Å². The number of carbonyl (C=O) groups excluding carboxylic acids is 2. The van der Waals surface area contributed by atoms with Gasteiger partial charge in [0.25, 0.3) is 5.91 Å². The molecule has 2 aromatic rings. The van der Waals surface area contributed by atoms with Gasteiger partial charge in [0.05, 0.1) is 18.4 Å². The molecule has 0 unspecified atom stereocenters. The number of benzene rings is 2. The van der Waals surface area contributed by atoms with Gasteiger partial charge in [-0.2, -0.15) is 0 Å². The highest BCUT2D eigenvalue weighted by atomic mass is 16.5. The van der Waals surface area contributed by atoms with E-state index in [9.17, 15) is 14.7 Å². The third-order valence-corrected chi connectivity index (χ3v) is 2.83. The van der Waals surface area contributed by atoms with E-state index in [2.05, 4.69) is 10.1 Å². The second-order valence-electron chi connectivity index (χ2n) is 4.30. The molecule has 0 aliphatic heterocycles. The predicted octanol–water partition coefficient (Wildman–Crippen LogP) is 2.01. The summed E-state index contributed by atoms with van der Waals surface area (Å²) >= 11 is 0. The largest absolute Gasteiger partial charge is 0.506 e. The number of esters is 1. The molecule has 1 amide bonds. The van der Waals surface area contributed by atoms with Crippen LogP contribution in [0.5, 0.6) is 5.75 Å². The van der Waals surface area contributed by atoms with Crippen molar-refractivity contribution >= 4 is 23.3 Å². The molecule has 6 heteroatoms. The van der Waals surface area contributed by atoms with Gasteiger partial charge in [-0.05, 0) is 36.4 Å². The molecule has 0 saturated carbocycles. The van der Waals surface area contributed by atoms with Crippen molar-refractivity contribution in [3.8, 4) is 5.75 Å². The number of rotatable bonds is 3. The minimum atomic E-state index is -0.490. The highest BCUT2D eigenvalue weighted by Crippen LogP contribution is 2.21. The Morgan fingerprint density at radius 1 is 1.14 bits per heavy atom. The van der Waals surface area contributed by atoms with Gasteiger partial charge in [-0.25, -0.2) is 4.79 Å². The fraction of sp³-hybridized carbons (Fsp3) is 0.0667. The Bertz CT molecular complexity index is 698. The average molecular weight is 286 g/mol. The second kappa shape index (κ2) is 5.96. The van der Waals surface area contributed by atoms with Crippen molar-refractivity contribution in [3.05, 3.63) is 53.6 Å². The summed E-state index contributed by atoms with van der Waals surface area (Å²) in [6, 6.07) is 10.6. The fourth-order valence-electron chi connectivity index (χ4n) is 1.73. The molecule has 0 aliphatic rings. The lowest BCUT2D eigenvalue weighted by Crippen LogP contribution is -2.12. The van der Waals surface area contributed by atoms with Crippen molar-refractivity contribution in [1.82, 2.24) is 0 Å². The lowest BCUT2D eigenvalue weighted by Gasteiger charge is -2.08. The first-order chi connectivity index (χ1) is 10.0. The predicted molar refractivity (Wildman–Crippen MR) is 78.3 cm³/mol. The lowest BCUT2D eigenvalue weighted by molar-refractivity contribution is 0.0600. The van der Waals surface area contributed by atoms with Crippen LogP contribution in [0, 0.1) is 0 Å². The molecule has 0 saturated heterocycles. The number of hydrogen-bond donors (Lipinski definition) is 3. The summed E-state index contributed by atoms with van der Waals surface area (Å²) in [6.45, 7) is 0. The number of amides is 1. The van der Waals surface area contributed by atoms with Gasteiger partial charge in [-0.3, -0.25) is 4.79 Å². The molecule has 0 heterocycles. The average Bonchev–Trinajstić information content (AvgIpc) is 2.49. The number of nitrogens with one attached hydrogen (secondary N) is 1. The number of nitrogen functional groups attached to an aromatic ring is 1. The van der Waals surface area contributed by atoms with Crippen molar-refractivity contribution in [2.45, 2.75) is 0 Å². The summed E-state index contributed by atoms with van der Waals surface area (Å²) in [5.41, 5.74) is 6.70. The number of nitrogens with two attached hydrogens (primary N) is 1. The molecular formula is C15H14N2O4. The van der Waals surface area contributed by atoms with Crippen LogP contribution < -0.4 is 11.1 Å². The van der Waals surface area contributed by atoms with E-state index in [-0.39, 0.29) is 17.0 Å². The molecule has 6 nitrogen and oxygen atoms in total. The molecule has 0 aromatic heterocycles. The van der Waals surface area contributed by atoms with Crippen molar-refractivity contribution in [2.24, 2.45) is 0 Å². The third kappa shape index (κ3) is 3.30. The van der Waals surface area contributed by atoms with E-state index < -0.39 is 11.9 Å². The Morgan fingerprint density at radius 3 is 2.57 bits per heavy atom. The van der Waals surface area contributed by atoms with Gasteiger partial charge in [-0.15, -0.1) is 0 Å². The minimum Gasteiger partial charge on any atom is -0.506 e. The normalized spacial score (nSPS) is 9.95. The molecule has 0 bridgehead atoms. The molecule has 0 fully saturated rings. The maximum absolute atomic E-state index is 12.0. The Balaban J connectivity index is 2.19. The van der Waals surface area contributed by atoms with Crippen LogP contribution in [0.3, 0.4) is 0 Å². The van der Waals surface area contributed by atoms with Crippen LogP contribution >= 0.6 is 0 Å². The monoisotopic (exact) mass is 286 g/mol. The van der Waals surface area contributed by atoms with Crippen LogP contribution in [-0.2, 0) is 4.74 Å². The number of anilines is 2. The number of carbonyl (C=O) groups is 2. The van der Waals surface area contributed by atoms with Gasteiger partial charge < -0.3 is 20.9 Å². The molecule has 21 heavy (non-hydrogen) atoms. The molecule has 4 N–H and O–H groups in total. The Labute approximate surface area is 121 Å². The van der Waals surface area contributed by atoms with Gasteiger partial charge in [-0.1, -0.05) is 6.07 Å². The first kappa shape index (κ1) is 14.4. The standard InChI is InChI=1S/C15H14N2O4/c1-21-15(20)10-3-2-4-11(7-10)17-14(19)9-5-6-12(16)13(18)8-9/h2-8,18H,16H2,1H3,(H,17,19). The zero-order valence-corrected chi connectivity index (χ0v) is 11.3. The number of phenols is 1. The van der Waals surface area contributed by atoms with Crippen LogP contribution in [-0.4, -0.2) is 24.1 Å². The summed E-state index contributed by atoms with van der Waals surface area (Å²) in [5.74, 6) is -1.07. The summed E-state index contributed by atoms with van der Waals surface area (Å²) in [5, 5.41) is 12.1. The molecule has 108 valence electrons. The molecular weight excluding hydrogens is 272 g/mol.